The number of para-hydroxylation sites is 1. The van der Waals surface area contributed by atoms with Crippen LogP contribution in [0.3, 0.4) is 0 Å². The van der Waals surface area contributed by atoms with Gasteiger partial charge in [-0.3, -0.25) is 4.79 Å². The number of methoxy groups -OCH3 is 1. The quantitative estimate of drug-likeness (QED) is 0.490. The molecule has 0 fully saturated rings. The van der Waals surface area contributed by atoms with Crippen LogP contribution in [0.1, 0.15) is 11.1 Å². The normalized spacial score (nSPS) is 10.8. The van der Waals surface area contributed by atoms with Crippen molar-refractivity contribution in [3.8, 4) is 35.0 Å². The van der Waals surface area contributed by atoms with Gasteiger partial charge >= 0.3 is 6.18 Å². The molecule has 7 heteroatoms. The van der Waals surface area contributed by atoms with Crippen LogP contribution in [-0.4, -0.2) is 19.6 Å². The van der Waals surface area contributed by atoms with Crippen LogP contribution in [0, 0.1) is 12.3 Å². The molecule has 0 unspecified atom stereocenters. The molecule has 0 aliphatic carbocycles. The van der Waals surface area contributed by atoms with Crippen molar-refractivity contribution in [3.63, 3.8) is 0 Å². The minimum Gasteiger partial charge on any atom is -0.493 e. The molecule has 3 rings (SSSR count). The number of ether oxygens (including phenoxy) is 2. The molecular weight excluding hydrogens is 419 g/mol. The number of amides is 1. The third-order valence-electron chi connectivity index (χ3n) is 4.63. The first-order valence-corrected chi connectivity index (χ1v) is 9.61. The Morgan fingerprint density at radius 1 is 1.03 bits per heavy atom. The van der Waals surface area contributed by atoms with Crippen LogP contribution in [0.2, 0.25) is 0 Å². The number of benzene rings is 3. The summed E-state index contributed by atoms with van der Waals surface area (Å²) in [6.45, 7) is 0.103. The number of nitrogens with one attached hydrogen (secondary N) is 1. The van der Waals surface area contributed by atoms with E-state index in [0.717, 1.165) is 23.3 Å². The molecule has 0 atom stereocenters. The highest BCUT2D eigenvalue weighted by atomic mass is 19.4. The van der Waals surface area contributed by atoms with E-state index in [1.807, 2.05) is 18.2 Å². The molecule has 0 heterocycles. The number of hydrogen-bond acceptors (Lipinski definition) is 3. The van der Waals surface area contributed by atoms with Gasteiger partial charge < -0.3 is 14.8 Å². The van der Waals surface area contributed by atoms with Crippen molar-refractivity contribution in [1.82, 2.24) is 0 Å². The summed E-state index contributed by atoms with van der Waals surface area (Å²) in [6, 6.07) is 17.0. The van der Waals surface area contributed by atoms with Gasteiger partial charge in [-0.25, -0.2) is 0 Å². The Labute approximate surface area is 184 Å². The van der Waals surface area contributed by atoms with Crippen LogP contribution in [0.5, 0.6) is 11.5 Å². The highest BCUT2D eigenvalue weighted by Crippen LogP contribution is 2.35. The van der Waals surface area contributed by atoms with Crippen molar-refractivity contribution in [2.75, 3.05) is 19.0 Å². The summed E-state index contributed by atoms with van der Waals surface area (Å²) in [6.07, 6.45) is 0.755. The van der Waals surface area contributed by atoms with Crippen molar-refractivity contribution in [1.29, 1.82) is 0 Å². The molecule has 0 aliphatic rings. The van der Waals surface area contributed by atoms with Gasteiger partial charge in [0.15, 0.2) is 11.5 Å². The predicted octanol–water partition coefficient (Wildman–Crippen LogP) is 5.57. The molecule has 1 amide bonds. The Morgan fingerprint density at radius 2 is 1.75 bits per heavy atom. The van der Waals surface area contributed by atoms with Gasteiger partial charge in [0, 0.05) is 11.3 Å². The summed E-state index contributed by atoms with van der Waals surface area (Å²) in [7, 11) is 1.51. The minimum atomic E-state index is -4.41. The van der Waals surface area contributed by atoms with E-state index in [1.165, 1.54) is 19.2 Å². The van der Waals surface area contributed by atoms with Crippen molar-refractivity contribution in [3.05, 3.63) is 77.9 Å². The number of carbonyl (C=O) groups is 1. The first kappa shape index (κ1) is 22.8. The lowest BCUT2D eigenvalue weighted by molar-refractivity contribution is -0.137. The van der Waals surface area contributed by atoms with Gasteiger partial charge in [0.05, 0.1) is 19.1 Å². The minimum absolute atomic E-state index is 0.0609. The molecule has 3 aromatic carbocycles. The molecule has 0 bridgehead atoms. The van der Waals surface area contributed by atoms with E-state index in [9.17, 15) is 18.0 Å². The average Bonchev–Trinajstić information content (AvgIpc) is 2.77. The fourth-order valence-corrected chi connectivity index (χ4v) is 3.11. The topological polar surface area (TPSA) is 47.6 Å². The highest BCUT2D eigenvalue weighted by molar-refractivity contribution is 5.96. The molecule has 3 aromatic rings. The predicted molar refractivity (Wildman–Crippen MR) is 117 cm³/mol. The lowest BCUT2D eigenvalue weighted by atomic mass is 10.0. The fourth-order valence-electron chi connectivity index (χ4n) is 3.11. The molecule has 4 nitrogen and oxygen atoms in total. The van der Waals surface area contributed by atoms with Crippen LogP contribution in [0.15, 0.2) is 66.7 Å². The van der Waals surface area contributed by atoms with E-state index in [4.69, 9.17) is 15.9 Å². The van der Waals surface area contributed by atoms with Gasteiger partial charge in [-0.1, -0.05) is 42.3 Å². The van der Waals surface area contributed by atoms with Crippen LogP contribution in [0.25, 0.3) is 11.1 Å². The van der Waals surface area contributed by atoms with Gasteiger partial charge in [0.25, 0.3) is 0 Å². The lowest BCUT2D eigenvalue weighted by Gasteiger charge is -2.14. The summed E-state index contributed by atoms with van der Waals surface area (Å²) < 4.78 is 49.0. The Morgan fingerprint density at radius 3 is 2.41 bits per heavy atom. The van der Waals surface area contributed by atoms with Crippen molar-refractivity contribution in [2.24, 2.45) is 0 Å². The molecule has 1 N–H and O–H groups in total. The van der Waals surface area contributed by atoms with Crippen LogP contribution < -0.4 is 14.8 Å². The van der Waals surface area contributed by atoms with E-state index in [-0.39, 0.29) is 18.9 Å². The Balaban J connectivity index is 1.78. The zero-order chi connectivity index (χ0) is 23.1. The Bertz CT molecular complexity index is 1130. The third kappa shape index (κ3) is 5.61. The smallest absolute Gasteiger partial charge is 0.416 e. The maximum atomic E-state index is 12.7. The van der Waals surface area contributed by atoms with Crippen molar-refractivity contribution in [2.45, 2.75) is 12.6 Å². The van der Waals surface area contributed by atoms with E-state index >= 15 is 0 Å². The van der Waals surface area contributed by atoms with Gasteiger partial charge in [0.1, 0.15) is 6.61 Å². The number of anilines is 1. The van der Waals surface area contributed by atoms with Gasteiger partial charge in [0.2, 0.25) is 5.91 Å². The van der Waals surface area contributed by atoms with Crippen LogP contribution >= 0.6 is 0 Å². The average molecular weight is 439 g/mol. The maximum Gasteiger partial charge on any atom is 0.416 e. The zero-order valence-electron chi connectivity index (χ0n) is 17.2. The molecule has 0 spiro atoms. The van der Waals surface area contributed by atoms with E-state index in [2.05, 4.69) is 11.2 Å². The van der Waals surface area contributed by atoms with E-state index in [1.54, 1.807) is 24.3 Å². The van der Waals surface area contributed by atoms with E-state index in [0.29, 0.717) is 22.7 Å². The summed E-state index contributed by atoms with van der Waals surface area (Å²) in [5, 5.41) is 2.83. The van der Waals surface area contributed by atoms with Gasteiger partial charge in [-0.05, 0) is 41.5 Å². The summed E-state index contributed by atoms with van der Waals surface area (Å²) in [5.74, 6) is 3.03. The van der Waals surface area contributed by atoms with Crippen LogP contribution in [0.4, 0.5) is 18.9 Å². The maximum absolute atomic E-state index is 12.7. The number of rotatable bonds is 7. The third-order valence-corrected chi connectivity index (χ3v) is 4.63. The monoisotopic (exact) mass is 439 g/mol. The van der Waals surface area contributed by atoms with Gasteiger partial charge in [-0.15, -0.1) is 6.42 Å². The van der Waals surface area contributed by atoms with Crippen molar-refractivity contribution >= 4 is 11.6 Å². The zero-order valence-corrected chi connectivity index (χ0v) is 17.2. The molecule has 0 saturated heterocycles. The Kier molecular flexibility index (Phi) is 7.06. The number of halogens is 3. The second kappa shape index (κ2) is 9.92. The molecule has 0 saturated carbocycles. The molecule has 0 aromatic heterocycles. The summed E-state index contributed by atoms with van der Waals surface area (Å²) in [5.41, 5.74) is 1.81. The second-order valence-corrected chi connectivity index (χ2v) is 6.82. The number of terminal acetylenes is 1. The molecular formula is C25H20F3NO3. The van der Waals surface area contributed by atoms with Crippen LogP contribution in [-0.2, 0) is 17.4 Å². The standard InChI is InChI=1S/C25H20F3NO3/c1-3-14-32-22-13-10-18(16-23(22)31-2)20-6-4-5-7-21(20)29-24(30)15-17-8-11-19(12-9-17)25(26,27)28/h1,4-13,16H,14-15H2,2H3,(H,29,30). The Hall–Kier alpha value is -3.92. The number of hydrogen-bond donors (Lipinski definition) is 1. The molecule has 0 aliphatic heterocycles. The molecule has 32 heavy (non-hydrogen) atoms. The molecule has 0 radical (unpaired) electrons. The first-order chi connectivity index (χ1) is 15.3. The lowest BCUT2D eigenvalue weighted by Crippen LogP contribution is -2.15. The SMILES string of the molecule is C#CCOc1ccc(-c2ccccc2NC(=O)Cc2ccc(C(F)(F)F)cc2)cc1OC. The van der Waals surface area contributed by atoms with Gasteiger partial charge in [-0.2, -0.15) is 13.2 Å². The summed E-state index contributed by atoms with van der Waals surface area (Å²) in [4.78, 5) is 12.5. The fraction of sp³-hybridized carbons (Fsp3) is 0.160. The van der Waals surface area contributed by atoms with Crippen molar-refractivity contribution < 1.29 is 27.4 Å². The first-order valence-electron chi connectivity index (χ1n) is 9.61. The van der Waals surface area contributed by atoms with E-state index < -0.39 is 11.7 Å². The summed E-state index contributed by atoms with van der Waals surface area (Å²) >= 11 is 0. The second-order valence-electron chi connectivity index (χ2n) is 6.82. The largest absolute Gasteiger partial charge is 0.493 e. The highest BCUT2D eigenvalue weighted by Gasteiger charge is 2.30. The molecule has 164 valence electrons. The number of carbonyl (C=O) groups excluding carboxylic acids is 1. The number of alkyl halides is 3.